The number of carbonyl (C=O) groups excluding carboxylic acids is 2. The molecule has 0 radical (unpaired) electrons. The maximum Gasteiger partial charge on any atom is 0.257 e. The van der Waals surface area contributed by atoms with Gasteiger partial charge in [0, 0.05) is 37.2 Å². The van der Waals surface area contributed by atoms with Crippen molar-refractivity contribution in [2.75, 3.05) is 19.6 Å². The third kappa shape index (κ3) is 4.68. The van der Waals surface area contributed by atoms with E-state index in [-0.39, 0.29) is 18.4 Å². The number of carbonyl (C=O) groups is 2. The van der Waals surface area contributed by atoms with Gasteiger partial charge in [-0.05, 0) is 37.0 Å². The van der Waals surface area contributed by atoms with E-state index in [1.165, 1.54) is 0 Å². The molecule has 0 fully saturated rings. The van der Waals surface area contributed by atoms with Crippen molar-refractivity contribution in [1.29, 1.82) is 0 Å². The van der Waals surface area contributed by atoms with Gasteiger partial charge in [0.2, 0.25) is 5.91 Å². The van der Waals surface area contributed by atoms with Gasteiger partial charge in [0.05, 0.1) is 17.8 Å². The van der Waals surface area contributed by atoms with Gasteiger partial charge in [0.25, 0.3) is 5.91 Å². The highest BCUT2D eigenvalue weighted by molar-refractivity contribution is 5.97. The van der Waals surface area contributed by atoms with Crippen LogP contribution in [0.4, 0.5) is 0 Å². The fraction of sp³-hybridized carbons (Fsp3) is 0.261. The third-order valence-corrected chi connectivity index (χ3v) is 5.08. The van der Waals surface area contributed by atoms with Crippen molar-refractivity contribution < 1.29 is 9.59 Å². The van der Waals surface area contributed by atoms with Crippen LogP contribution in [0.2, 0.25) is 0 Å². The number of pyridine rings is 1. The second-order valence-electron chi connectivity index (χ2n) is 7.21. The molecule has 30 heavy (non-hydrogen) atoms. The van der Waals surface area contributed by atoms with Crippen LogP contribution in [0.5, 0.6) is 0 Å². The van der Waals surface area contributed by atoms with Crippen molar-refractivity contribution in [2.24, 2.45) is 0 Å². The van der Waals surface area contributed by atoms with E-state index in [4.69, 9.17) is 0 Å². The highest BCUT2D eigenvalue weighted by atomic mass is 16.2. The largest absolute Gasteiger partial charge is 0.354 e. The number of hydrogen-bond donors (Lipinski definition) is 1. The van der Waals surface area contributed by atoms with Gasteiger partial charge in [0.1, 0.15) is 0 Å². The molecule has 7 heteroatoms. The number of amides is 2. The van der Waals surface area contributed by atoms with Crippen LogP contribution < -0.4 is 5.32 Å². The number of benzene rings is 1. The van der Waals surface area contributed by atoms with Crippen molar-refractivity contribution >= 4 is 11.8 Å². The summed E-state index contributed by atoms with van der Waals surface area (Å²) in [6.07, 6.45) is 7.22. The molecule has 0 saturated heterocycles. The molecular formula is C23H23N5O2. The summed E-state index contributed by atoms with van der Waals surface area (Å²) in [5.41, 5.74) is 3.25. The normalized spacial score (nSPS) is 13.5. The van der Waals surface area contributed by atoms with Crippen LogP contribution in [-0.2, 0) is 17.6 Å². The van der Waals surface area contributed by atoms with Crippen molar-refractivity contribution in [1.82, 2.24) is 25.2 Å². The summed E-state index contributed by atoms with van der Waals surface area (Å²) in [6, 6.07) is 13.5. The average Bonchev–Trinajstić information content (AvgIpc) is 2.93. The minimum Gasteiger partial charge on any atom is -0.354 e. The Morgan fingerprint density at radius 2 is 1.90 bits per heavy atom. The summed E-state index contributed by atoms with van der Waals surface area (Å²) < 4.78 is 0. The summed E-state index contributed by atoms with van der Waals surface area (Å²) in [4.78, 5) is 39.9. The Bertz CT molecular complexity index is 1020. The molecule has 2 aromatic heterocycles. The second kappa shape index (κ2) is 9.26. The van der Waals surface area contributed by atoms with Crippen LogP contribution in [0.3, 0.4) is 0 Å². The van der Waals surface area contributed by atoms with E-state index in [9.17, 15) is 9.59 Å². The predicted molar refractivity (Wildman–Crippen MR) is 113 cm³/mol. The van der Waals surface area contributed by atoms with E-state index in [1.54, 1.807) is 23.5 Å². The van der Waals surface area contributed by atoms with E-state index in [0.29, 0.717) is 30.9 Å². The topological polar surface area (TPSA) is 88.1 Å². The summed E-state index contributed by atoms with van der Waals surface area (Å²) in [5, 5.41) is 2.89. The monoisotopic (exact) mass is 401 g/mol. The molecule has 2 amide bonds. The molecule has 0 aliphatic carbocycles. The Kier molecular flexibility index (Phi) is 6.08. The van der Waals surface area contributed by atoms with Gasteiger partial charge in [-0.25, -0.2) is 9.97 Å². The molecule has 0 spiro atoms. The van der Waals surface area contributed by atoms with Crippen molar-refractivity contribution in [3.63, 3.8) is 0 Å². The molecule has 1 aliphatic heterocycles. The first-order valence-corrected chi connectivity index (χ1v) is 10.1. The Morgan fingerprint density at radius 1 is 1.10 bits per heavy atom. The first-order chi connectivity index (χ1) is 14.7. The molecule has 4 rings (SSSR count). The standard InChI is InChI=1S/C23H23N5O2/c29-21(25-13-10-17-8-11-24-12-9-17)16-28-14-4-7-20-19(23(28)30)15-26-22(27-20)18-5-2-1-3-6-18/h1-3,5-6,8-9,11-12,15H,4,7,10,13-14,16H2,(H,25,29). The maximum absolute atomic E-state index is 13.0. The molecule has 0 saturated carbocycles. The number of aryl methyl sites for hydroxylation is 1. The van der Waals surface area contributed by atoms with Crippen LogP contribution in [0.15, 0.2) is 61.1 Å². The Balaban J connectivity index is 1.39. The predicted octanol–water partition coefficient (Wildman–Crippen LogP) is 2.29. The first kappa shape index (κ1) is 19.7. The quantitative estimate of drug-likeness (QED) is 0.685. The van der Waals surface area contributed by atoms with Gasteiger partial charge in [0.15, 0.2) is 5.82 Å². The average molecular weight is 401 g/mol. The lowest BCUT2D eigenvalue weighted by atomic mass is 10.1. The van der Waals surface area contributed by atoms with Crippen LogP contribution in [0, 0.1) is 0 Å². The Hall–Kier alpha value is -3.61. The lowest BCUT2D eigenvalue weighted by Gasteiger charge is -2.20. The lowest BCUT2D eigenvalue weighted by Crippen LogP contribution is -2.41. The molecule has 0 atom stereocenters. The smallest absolute Gasteiger partial charge is 0.257 e. The Labute approximate surface area is 175 Å². The zero-order valence-corrected chi connectivity index (χ0v) is 16.6. The molecular weight excluding hydrogens is 378 g/mol. The van der Waals surface area contributed by atoms with E-state index in [0.717, 1.165) is 29.7 Å². The molecule has 1 N–H and O–H groups in total. The molecule has 3 aromatic rings. The summed E-state index contributed by atoms with van der Waals surface area (Å²) in [7, 11) is 0. The van der Waals surface area contributed by atoms with Gasteiger partial charge in [-0.1, -0.05) is 30.3 Å². The van der Waals surface area contributed by atoms with Crippen molar-refractivity contribution in [3.05, 3.63) is 77.9 Å². The van der Waals surface area contributed by atoms with Gasteiger partial charge in [-0.3, -0.25) is 14.6 Å². The minimum atomic E-state index is -0.189. The van der Waals surface area contributed by atoms with Crippen LogP contribution in [-0.4, -0.2) is 51.3 Å². The van der Waals surface area contributed by atoms with Crippen LogP contribution in [0.25, 0.3) is 11.4 Å². The number of nitrogens with zero attached hydrogens (tertiary/aromatic N) is 4. The van der Waals surface area contributed by atoms with E-state index in [1.807, 2.05) is 42.5 Å². The number of fused-ring (bicyclic) bond motifs is 1. The maximum atomic E-state index is 13.0. The van der Waals surface area contributed by atoms with Gasteiger partial charge in [-0.15, -0.1) is 0 Å². The summed E-state index contributed by atoms with van der Waals surface area (Å²) in [5.74, 6) is 0.263. The molecule has 1 aliphatic rings. The lowest BCUT2D eigenvalue weighted by molar-refractivity contribution is -0.121. The van der Waals surface area contributed by atoms with Gasteiger partial charge < -0.3 is 10.2 Å². The summed E-state index contributed by atoms with van der Waals surface area (Å²) >= 11 is 0. The highest BCUT2D eigenvalue weighted by Crippen LogP contribution is 2.20. The molecule has 7 nitrogen and oxygen atoms in total. The van der Waals surface area contributed by atoms with Gasteiger partial charge >= 0.3 is 0 Å². The van der Waals surface area contributed by atoms with Crippen LogP contribution in [0.1, 0.15) is 28.0 Å². The van der Waals surface area contributed by atoms with Gasteiger partial charge in [-0.2, -0.15) is 0 Å². The third-order valence-electron chi connectivity index (χ3n) is 5.08. The Morgan fingerprint density at radius 3 is 2.70 bits per heavy atom. The molecule has 0 unspecified atom stereocenters. The zero-order valence-electron chi connectivity index (χ0n) is 16.6. The number of nitrogens with one attached hydrogen (secondary N) is 1. The molecule has 152 valence electrons. The number of rotatable bonds is 6. The fourth-order valence-corrected chi connectivity index (χ4v) is 3.50. The van der Waals surface area contributed by atoms with Crippen molar-refractivity contribution in [3.8, 4) is 11.4 Å². The first-order valence-electron chi connectivity index (χ1n) is 10.1. The van der Waals surface area contributed by atoms with E-state index in [2.05, 4.69) is 20.3 Å². The van der Waals surface area contributed by atoms with Crippen molar-refractivity contribution in [2.45, 2.75) is 19.3 Å². The fourth-order valence-electron chi connectivity index (χ4n) is 3.50. The molecule has 3 heterocycles. The van der Waals surface area contributed by atoms with E-state index >= 15 is 0 Å². The number of aromatic nitrogens is 3. The van der Waals surface area contributed by atoms with E-state index < -0.39 is 0 Å². The number of hydrogen-bond acceptors (Lipinski definition) is 5. The zero-order chi connectivity index (χ0) is 20.8. The molecule has 1 aromatic carbocycles. The minimum absolute atomic E-state index is 0.0368. The SMILES string of the molecule is O=C(CN1CCCc2nc(-c3ccccc3)ncc2C1=O)NCCc1ccncc1. The molecule has 0 bridgehead atoms. The van der Waals surface area contributed by atoms with Crippen LogP contribution >= 0.6 is 0 Å². The second-order valence-corrected chi connectivity index (χ2v) is 7.21. The highest BCUT2D eigenvalue weighted by Gasteiger charge is 2.25. The summed E-state index contributed by atoms with van der Waals surface area (Å²) in [6.45, 7) is 1.08.